The van der Waals surface area contributed by atoms with Crippen molar-refractivity contribution in [2.75, 3.05) is 44.9 Å². The molecular formula is C19H30N2O4. The molecule has 0 bridgehead atoms. The molecule has 0 aromatic heterocycles. The topological polar surface area (TPSA) is 82.8 Å². The first-order valence-corrected chi connectivity index (χ1v) is 8.96. The Labute approximate surface area is 150 Å². The molecule has 0 spiro atoms. The average Bonchev–Trinajstić information content (AvgIpc) is 2.64. The first kappa shape index (κ1) is 19.8. The van der Waals surface area contributed by atoms with E-state index in [2.05, 4.69) is 5.32 Å². The van der Waals surface area contributed by atoms with Crippen molar-refractivity contribution in [2.24, 2.45) is 11.1 Å². The fraction of sp³-hybridized carbons (Fsp3) is 0.632. The van der Waals surface area contributed by atoms with Gasteiger partial charge in [-0.05, 0) is 43.9 Å². The van der Waals surface area contributed by atoms with Crippen molar-refractivity contribution in [2.45, 2.75) is 33.3 Å². The first-order chi connectivity index (χ1) is 12.1. The molecule has 1 aliphatic rings. The molecule has 1 saturated heterocycles. The second kappa shape index (κ2) is 9.87. The Morgan fingerprint density at radius 1 is 1.28 bits per heavy atom. The van der Waals surface area contributed by atoms with Gasteiger partial charge in [0.05, 0.1) is 25.2 Å². The van der Waals surface area contributed by atoms with Crippen LogP contribution in [-0.4, -0.2) is 45.5 Å². The zero-order valence-corrected chi connectivity index (χ0v) is 15.3. The summed E-state index contributed by atoms with van der Waals surface area (Å²) in [7, 11) is 0. The maximum Gasteiger partial charge on any atom is 0.232 e. The molecule has 1 aromatic rings. The summed E-state index contributed by atoms with van der Waals surface area (Å²) in [6, 6.07) is 5.86. The SMILES string of the molecule is CCOCCOCc1cccc(NC(=O)C2(CN)CCOCC2)c1C. The molecule has 0 aliphatic carbocycles. The Bertz CT molecular complexity index is 556. The Kier molecular flexibility index (Phi) is 7.84. The van der Waals surface area contributed by atoms with Crippen LogP contribution in [0.15, 0.2) is 18.2 Å². The van der Waals surface area contributed by atoms with E-state index in [0.29, 0.717) is 59.0 Å². The number of benzene rings is 1. The molecule has 2 rings (SSSR count). The van der Waals surface area contributed by atoms with Gasteiger partial charge in [0.2, 0.25) is 5.91 Å². The van der Waals surface area contributed by atoms with E-state index in [0.717, 1.165) is 16.8 Å². The number of anilines is 1. The highest BCUT2D eigenvalue weighted by Crippen LogP contribution is 2.31. The lowest BCUT2D eigenvalue weighted by molar-refractivity contribution is -0.130. The summed E-state index contributed by atoms with van der Waals surface area (Å²) in [5.41, 5.74) is 8.28. The van der Waals surface area contributed by atoms with Gasteiger partial charge in [0, 0.05) is 32.1 Å². The van der Waals surface area contributed by atoms with Crippen LogP contribution in [-0.2, 0) is 25.6 Å². The fourth-order valence-corrected chi connectivity index (χ4v) is 2.96. The molecule has 0 atom stereocenters. The Hall–Kier alpha value is -1.47. The third-order valence-electron chi connectivity index (χ3n) is 4.85. The summed E-state index contributed by atoms with van der Waals surface area (Å²) < 4.78 is 16.3. The minimum Gasteiger partial charge on any atom is -0.381 e. The van der Waals surface area contributed by atoms with Crippen LogP contribution >= 0.6 is 0 Å². The Morgan fingerprint density at radius 2 is 2.00 bits per heavy atom. The number of hydrogen-bond donors (Lipinski definition) is 2. The number of hydrogen-bond acceptors (Lipinski definition) is 5. The molecule has 140 valence electrons. The average molecular weight is 350 g/mol. The zero-order valence-electron chi connectivity index (χ0n) is 15.3. The second-order valence-electron chi connectivity index (χ2n) is 6.39. The molecule has 0 radical (unpaired) electrons. The minimum absolute atomic E-state index is 0.0178. The van der Waals surface area contributed by atoms with Gasteiger partial charge in [-0.2, -0.15) is 0 Å². The molecule has 1 aromatic carbocycles. The van der Waals surface area contributed by atoms with E-state index < -0.39 is 5.41 Å². The van der Waals surface area contributed by atoms with Crippen LogP contribution in [0.5, 0.6) is 0 Å². The lowest BCUT2D eigenvalue weighted by atomic mass is 9.79. The number of amides is 1. The molecular weight excluding hydrogens is 320 g/mol. The van der Waals surface area contributed by atoms with Gasteiger partial charge in [-0.25, -0.2) is 0 Å². The zero-order chi connectivity index (χ0) is 18.1. The summed E-state index contributed by atoms with van der Waals surface area (Å²) in [4.78, 5) is 12.8. The lowest BCUT2D eigenvalue weighted by Gasteiger charge is -2.34. The van der Waals surface area contributed by atoms with Gasteiger partial charge in [0.15, 0.2) is 0 Å². The van der Waals surface area contributed by atoms with Gasteiger partial charge >= 0.3 is 0 Å². The summed E-state index contributed by atoms with van der Waals surface area (Å²) in [5.74, 6) is -0.0178. The molecule has 0 unspecified atom stereocenters. The third-order valence-corrected chi connectivity index (χ3v) is 4.85. The van der Waals surface area contributed by atoms with Crippen LogP contribution in [0.25, 0.3) is 0 Å². The number of ether oxygens (including phenoxy) is 3. The van der Waals surface area contributed by atoms with E-state index in [1.807, 2.05) is 32.0 Å². The third kappa shape index (κ3) is 5.25. The molecule has 6 nitrogen and oxygen atoms in total. The van der Waals surface area contributed by atoms with Gasteiger partial charge in [-0.3, -0.25) is 4.79 Å². The van der Waals surface area contributed by atoms with Crippen molar-refractivity contribution in [3.63, 3.8) is 0 Å². The standard InChI is InChI=1S/C19H30N2O4/c1-3-23-11-12-25-13-16-5-4-6-17(15(16)2)21-18(22)19(14-20)7-9-24-10-8-19/h4-6H,3,7-14,20H2,1-2H3,(H,21,22). The van der Waals surface area contributed by atoms with Crippen molar-refractivity contribution in [1.82, 2.24) is 0 Å². The number of rotatable bonds is 9. The Balaban J connectivity index is 1.99. The van der Waals surface area contributed by atoms with Gasteiger partial charge < -0.3 is 25.3 Å². The van der Waals surface area contributed by atoms with E-state index in [-0.39, 0.29) is 5.91 Å². The highest BCUT2D eigenvalue weighted by Gasteiger charge is 2.38. The number of carbonyl (C=O) groups is 1. The molecule has 1 heterocycles. The van der Waals surface area contributed by atoms with Crippen molar-refractivity contribution in [3.8, 4) is 0 Å². The van der Waals surface area contributed by atoms with E-state index in [1.54, 1.807) is 0 Å². The van der Waals surface area contributed by atoms with Gasteiger partial charge in [-0.15, -0.1) is 0 Å². The quantitative estimate of drug-likeness (QED) is 0.668. The van der Waals surface area contributed by atoms with E-state index in [1.165, 1.54) is 0 Å². The fourth-order valence-electron chi connectivity index (χ4n) is 2.96. The molecule has 1 aliphatic heterocycles. The summed E-state index contributed by atoms with van der Waals surface area (Å²) in [6.45, 7) is 7.79. The molecule has 25 heavy (non-hydrogen) atoms. The van der Waals surface area contributed by atoms with Crippen LogP contribution in [0.4, 0.5) is 5.69 Å². The van der Waals surface area contributed by atoms with Crippen LogP contribution in [0, 0.1) is 12.3 Å². The highest BCUT2D eigenvalue weighted by atomic mass is 16.5. The predicted molar refractivity (Wildman–Crippen MR) is 97.5 cm³/mol. The van der Waals surface area contributed by atoms with E-state index in [9.17, 15) is 4.79 Å². The van der Waals surface area contributed by atoms with Gasteiger partial charge in [0.25, 0.3) is 0 Å². The number of nitrogens with one attached hydrogen (secondary N) is 1. The van der Waals surface area contributed by atoms with Crippen molar-refractivity contribution in [3.05, 3.63) is 29.3 Å². The normalized spacial score (nSPS) is 16.6. The van der Waals surface area contributed by atoms with Crippen LogP contribution in [0.1, 0.15) is 30.9 Å². The van der Waals surface area contributed by atoms with Crippen molar-refractivity contribution < 1.29 is 19.0 Å². The smallest absolute Gasteiger partial charge is 0.232 e. The maximum atomic E-state index is 12.8. The van der Waals surface area contributed by atoms with Gasteiger partial charge in [0.1, 0.15) is 0 Å². The molecule has 3 N–H and O–H groups in total. The highest BCUT2D eigenvalue weighted by molar-refractivity contribution is 5.96. The van der Waals surface area contributed by atoms with Crippen molar-refractivity contribution >= 4 is 11.6 Å². The van der Waals surface area contributed by atoms with Crippen LogP contribution < -0.4 is 11.1 Å². The predicted octanol–water partition coefficient (Wildman–Crippen LogP) is 2.24. The second-order valence-corrected chi connectivity index (χ2v) is 6.39. The molecule has 0 saturated carbocycles. The largest absolute Gasteiger partial charge is 0.381 e. The first-order valence-electron chi connectivity index (χ1n) is 8.96. The monoisotopic (exact) mass is 350 g/mol. The van der Waals surface area contributed by atoms with Gasteiger partial charge in [-0.1, -0.05) is 12.1 Å². The molecule has 1 fully saturated rings. The van der Waals surface area contributed by atoms with Crippen molar-refractivity contribution in [1.29, 1.82) is 0 Å². The van der Waals surface area contributed by atoms with E-state index in [4.69, 9.17) is 19.9 Å². The summed E-state index contributed by atoms with van der Waals surface area (Å²) in [6.07, 6.45) is 1.32. The summed E-state index contributed by atoms with van der Waals surface area (Å²) in [5, 5.41) is 3.07. The Morgan fingerprint density at radius 3 is 2.68 bits per heavy atom. The maximum absolute atomic E-state index is 12.8. The van der Waals surface area contributed by atoms with E-state index >= 15 is 0 Å². The summed E-state index contributed by atoms with van der Waals surface area (Å²) >= 11 is 0. The number of carbonyl (C=O) groups excluding carboxylic acids is 1. The number of nitrogens with two attached hydrogens (primary N) is 1. The molecule has 1 amide bonds. The lowest BCUT2D eigenvalue weighted by Crippen LogP contribution is -2.46. The van der Waals surface area contributed by atoms with Crippen LogP contribution in [0.3, 0.4) is 0 Å². The molecule has 6 heteroatoms. The van der Waals surface area contributed by atoms with Crippen LogP contribution in [0.2, 0.25) is 0 Å². The minimum atomic E-state index is -0.533.